The minimum absolute atomic E-state index is 0.0363. The highest BCUT2D eigenvalue weighted by molar-refractivity contribution is 5.86. The maximum atomic E-state index is 12.7. The first-order valence-corrected chi connectivity index (χ1v) is 11.0. The average Bonchev–Trinajstić information content (AvgIpc) is 2.83. The molecular formula is C25H29NO6. The highest BCUT2D eigenvalue weighted by atomic mass is 16.6. The summed E-state index contributed by atoms with van der Waals surface area (Å²) in [5.74, 6) is -1.26. The number of ether oxygens (including phenoxy) is 3. The minimum atomic E-state index is -1.20. The second-order valence-corrected chi connectivity index (χ2v) is 7.81. The molecule has 7 nitrogen and oxygen atoms in total. The Hall–Kier alpha value is -3.35. The van der Waals surface area contributed by atoms with Gasteiger partial charge in [-0.1, -0.05) is 67.1 Å². The lowest BCUT2D eigenvalue weighted by molar-refractivity contribution is -0.157. The molecule has 0 radical (unpaired) electrons. The fourth-order valence-corrected chi connectivity index (χ4v) is 3.51. The van der Waals surface area contributed by atoms with Gasteiger partial charge in [0.25, 0.3) is 0 Å². The molecule has 32 heavy (non-hydrogen) atoms. The molecule has 0 heterocycles. The lowest BCUT2D eigenvalue weighted by atomic mass is 9.98. The maximum Gasteiger partial charge on any atom is 0.408 e. The molecule has 1 atom stereocenters. The molecular weight excluding hydrogens is 410 g/mol. The van der Waals surface area contributed by atoms with Gasteiger partial charge in [-0.15, -0.1) is 0 Å². The largest absolute Gasteiger partial charge is 0.462 e. The second kappa shape index (κ2) is 12.5. The van der Waals surface area contributed by atoms with Crippen molar-refractivity contribution in [3.05, 3.63) is 71.8 Å². The molecule has 7 heteroatoms. The summed E-state index contributed by atoms with van der Waals surface area (Å²) >= 11 is 0. The van der Waals surface area contributed by atoms with Crippen molar-refractivity contribution in [3.63, 3.8) is 0 Å². The lowest BCUT2D eigenvalue weighted by Crippen LogP contribution is -2.44. The van der Waals surface area contributed by atoms with Crippen LogP contribution in [0, 0.1) is 0 Å². The number of carbonyl (C=O) groups is 3. The van der Waals surface area contributed by atoms with Gasteiger partial charge in [-0.3, -0.25) is 4.79 Å². The zero-order valence-corrected chi connectivity index (χ0v) is 18.0. The summed E-state index contributed by atoms with van der Waals surface area (Å²) in [6, 6.07) is 17.1. The number of hydrogen-bond donors (Lipinski definition) is 1. The topological polar surface area (TPSA) is 90.9 Å². The van der Waals surface area contributed by atoms with Crippen molar-refractivity contribution in [2.75, 3.05) is 0 Å². The first-order chi connectivity index (χ1) is 15.6. The van der Waals surface area contributed by atoms with E-state index in [4.69, 9.17) is 14.2 Å². The van der Waals surface area contributed by atoms with E-state index in [0.29, 0.717) is 0 Å². The molecule has 0 saturated heterocycles. The van der Waals surface area contributed by atoms with Gasteiger partial charge >= 0.3 is 18.0 Å². The van der Waals surface area contributed by atoms with Crippen molar-refractivity contribution < 1.29 is 28.6 Å². The van der Waals surface area contributed by atoms with E-state index in [2.05, 4.69) is 5.32 Å². The van der Waals surface area contributed by atoms with Gasteiger partial charge in [0.2, 0.25) is 0 Å². The zero-order chi connectivity index (χ0) is 22.6. The van der Waals surface area contributed by atoms with E-state index in [1.165, 1.54) is 0 Å². The van der Waals surface area contributed by atoms with Crippen LogP contribution < -0.4 is 5.32 Å². The van der Waals surface area contributed by atoms with Crippen molar-refractivity contribution in [1.82, 2.24) is 5.32 Å². The Morgan fingerprint density at radius 2 is 1.38 bits per heavy atom. The van der Waals surface area contributed by atoms with Gasteiger partial charge in [0.15, 0.2) is 0 Å². The summed E-state index contributed by atoms with van der Waals surface area (Å²) < 4.78 is 16.0. The van der Waals surface area contributed by atoms with Crippen LogP contribution in [0.4, 0.5) is 4.79 Å². The molecule has 1 N–H and O–H groups in total. The lowest BCUT2D eigenvalue weighted by Gasteiger charge is -2.23. The van der Waals surface area contributed by atoms with Crippen molar-refractivity contribution >= 4 is 18.0 Å². The van der Waals surface area contributed by atoms with Gasteiger partial charge in [0.1, 0.15) is 25.4 Å². The smallest absolute Gasteiger partial charge is 0.408 e. The van der Waals surface area contributed by atoms with E-state index in [-0.39, 0.29) is 25.7 Å². The molecule has 0 aliphatic heterocycles. The first kappa shape index (κ1) is 23.3. The Bertz CT molecular complexity index is 865. The predicted molar refractivity (Wildman–Crippen MR) is 117 cm³/mol. The van der Waals surface area contributed by atoms with E-state index in [1.807, 2.05) is 60.7 Å². The quantitative estimate of drug-likeness (QED) is 0.463. The highest BCUT2D eigenvalue weighted by Crippen LogP contribution is 2.21. The molecule has 1 aliphatic carbocycles. The monoisotopic (exact) mass is 439 g/mol. The standard InChI is InChI=1S/C25H29NO6/c27-23(32-21-14-8-3-9-15-21)16-22(24(28)30-17-19-10-4-1-5-11-19)26-25(29)31-18-20-12-6-2-7-13-20/h1-2,4-7,10-13,21-22H,3,8-9,14-18H2,(H,26,29). The number of rotatable bonds is 9. The third-order valence-electron chi connectivity index (χ3n) is 5.23. The highest BCUT2D eigenvalue weighted by Gasteiger charge is 2.28. The van der Waals surface area contributed by atoms with Crippen LogP contribution in [0.1, 0.15) is 49.7 Å². The number of benzene rings is 2. The van der Waals surface area contributed by atoms with Gasteiger partial charge < -0.3 is 19.5 Å². The van der Waals surface area contributed by atoms with E-state index >= 15 is 0 Å². The Kier molecular flexibility index (Phi) is 9.10. The molecule has 3 rings (SSSR count). The Labute approximate surface area is 188 Å². The van der Waals surface area contributed by atoms with Gasteiger partial charge in [-0.2, -0.15) is 0 Å². The van der Waals surface area contributed by atoms with Crippen LogP contribution in [0.5, 0.6) is 0 Å². The molecule has 1 aliphatic rings. The molecule has 0 aromatic heterocycles. The van der Waals surface area contributed by atoms with E-state index < -0.39 is 24.1 Å². The number of alkyl carbamates (subject to hydrolysis) is 1. The summed E-state index contributed by atoms with van der Waals surface area (Å²) in [5, 5.41) is 2.45. The fraction of sp³-hybridized carbons (Fsp3) is 0.400. The maximum absolute atomic E-state index is 12.7. The Morgan fingerprint density at radius 1 is 0.812 bits per heavy atom. The van der Waals surface area contributed by atoms with E-state index in [9.17, 15) is 14.4 Å². The third-order valence-corrected chi connectivity index (χ3v) is 5.23. The molecule has 1 fully saturated rings. The molecule has 0 bridgehead atoms. The van der Waals surface area contributed by atoms with Crippen LogP contribution in [0.3, 0.4) is 0 Å². The number of amides is 1. The summed E-state index contributed by atoms with van der Waals surface area (Å²) in [4.78, 5) is 37.4. The van der Waals surface area contributed by atoms with Crippen molar-refractivity contribution in [2.24, 2.45) is 0 Å². The van der Waals surface area contributed by atoms with Crippen LogP contribution in [0.25, 0.3) is 0 Å². The van der Waals surface area contributed by atoms with Crippen LogP contribution in [0.15, 0.2) is 60.7 Å². The summed E-state index contributed by atoms with van der Waals surface area (Å²) in [7, 11) is 0. The SMILES string of the molecule is O=C(CC(NC(=O)OCc1ccccc1)C(=O)OCc1ccccc1)OC1CCCCC1. The van der Waals surface area contributed by atoms with Crippen LogP contribution in [0.2, 0.25) is 0 Å². The molecule has 170 valence electrons. The predicted octanol–water partition coefficient (Wildman–Crippen LogP) is 4.29. The average molecular weight is 440 g/mol. The molecule has 2 aromatic rings. The minimum Gasteiger partial charge on any atom is -0.462 e. The molecule has 1 saturated carbocycles. The Morgan fingerprint density at radius 3 is 1.97 bits per heavy atom. The van der Waals surface area contributed by atoms with Crippen LogP contribution in [-0.4, -0.2) is 30.2 Å². The molecule has 0 spiro atoms. The van der Waals surface area contributed by atoms with Crippen molar-refractivity contribution in [3.8, 4) is 0 Å². The molecule has 1 unspecified atom stereocenters. The normalized spacial score (nSPS) is 14.8. The van der Waals surface area contributed by atoms with Crippen molar-refractivity contribution in [2.45, 2.75) is 63.9 Å². The number of hydrogen-bond acceptors (Lipinski definition) is 6. The van der Waals surface area contributed by atoms with Crippen molar-refractivity contribution in [1.29, 1.82) is 0 Å². The van der Waals surface area contributed by atoms with Crippen LogP contribution >= 0.6 is 0 Å². The van der Waals surface area contributed by atoms with Gasteiger partial charge in [0, 0.05) is 0 Å². The summed E-state index contributed by atoms with van der Waals surface area (Å²) in [5.41, 5.74) is 1.61. The molecule has 2 aromatic carbocycles. The van der Waals surface area contributed by atoms with Crippen LogP contribution in [-0.2, 0) is 37.0 Å². The molecule has 1 amide bonds. The third kappa shape index (κ3) is 8.06. The van der Waals surface area contributed by atoms with Gasteiger partial charge in [0.05, 0.1) is 6.42 Å². The first-order valence-electron chi connectivity index (χ1n) is 11.0. The Balaban J connectivity index is 1.56. The fourth-order valence-electron chi connectivity index (χ4n) is 3.51. The summed E-state index contributed by atoms with van der Waals surface area (Å²) in [6.07, 6.45) is 3.56. The summed E-state index contributed by atoms with van der Waals surface area (Å²) in [6.45, 7) is 0.0829. The van der Waals surface area contributed by atoms with Gasteiger partial charge in [-0.05, 0) is 36.8 Å². The zero-order valence-electron chi connectivity index (χ0n) is 18.0. The van der Waals surface area contributed by atoms with E-state index in [0.717, 1.165) is 43.2 Å². The number of esters is 2. The second-order valence-electron chi connectivity index (χ2n) is 7.81. The van der Waals surface area contributed by atoms with Gasteiger partial charge in [-0.25, -0.2) is 9.59 Å². The number of nitrogens with one attached hydrogen (secondary N) is 1. The number of carbonyl (C=O) groups excluding carboxylic acids is 3. The van der Waals surface area contributed by atoms with E-state index in [1.54, 1.807) is 0 Å².